The Morgan fingerprint density at radius 1 is 1.19 bits per heavy atom. The first kappa shape index (κ1) is 14.2. The molecule has 0 atom stereocenters. The molecule has 3 rings (SSSR count). The first-order chi connectivity index (χ1) is 10.3. The van der Waals surface area contributed by atoms with E-state index in [4.69, 9.17) is 14.5 Å². The third-order valence-electron chi connectivity index (χ3n) is 3.56. The molecule has 0 amide bonds. The zero-order valence-corrected chi connectivity index (χ0v) is 13.1. The number of benzene rings is 1. The Labute approximate surface area is 128 Å². The number of hydrogen-bond donors (Lipinski definition) is 1. The normalized spacial score (nSPS) is 15.0. The second-order valence-corrected chi connectivity index (χ2v) is 5.66. The van der Waals surface area contributed by atoms with E-state index in [2.05, 4.69) is 15.6 Å². The van der Waals surface area contributed by atoms with Crippen LogP contribution in [0.5, 0.6) is 11.5 Å². The Balaban J connectivity index is 1.91. The number of ether oxygens (including phenoxy) is 2. The number of rotatable bonds is 4. The van der Waals surface area contributed by atoms with Gasteiger partial charge in [-0.2, -0.15) is 0 Å². The van der Waals surface area contributed by atoms with E-state index in [1.807, 2.05) is 18.2 Å². The SMILES string of the molecule is COc1ccc(OC)c(-c2csc(N3CCNCC3)n2)c1. The first-order valence-corrected chi connectivity index (χ1v) is 7.83. The Hall–Kier alpha value is -1.79. The van der Waals surface area contributed by atoms with Gasteiger partial charge in [0, 0.05) is 37.1 Å². The summed E-state index contributed by atoms with van der Waals surface area (Å²) in [5.74, 6) is 1.62. The van der Waals surface area contributed by atoms with E-state index < -0.39 is 0 Å². The minimum atomic E-state index is 0.808. The molecule has 0 saturated carbocycles. The highest BCUT2D eigenvalue weighted by Gasteiger charge is 2.16. The summed E-state index contributed by atoms with van der Waals surface area (Å²) in [6.45, 7) is 4.03. The summed E-state index contributed by atoms with van der Waals surface area (Å²) in [7, 11) is 3.34. The summed E-state index contributed by atoms with van der Waals surface area (Å²) in [5, 5.41) is 6.50. The van der Waals surface area contributed by atoms with Gasteiger partial charge >= 0.3 is 0 Å². The van der Waals surface area contributed by atoms with E-state index >= 15 is 0 Å². The van der Waals surface area contributed by atoms with Gasteiger partial charge in [0.2, 0.25) is 0 Å². The van der Waals surface area contributed by atoms with E-state index in [0.29, 0.717) is 0 Å². The van der Waals surface area contributed by atoms with Crippen LogP contribution in [0.2, 0.25) is 0 Å². The number of nitrogens with zero attached hydrogens (tertiary/aromatic N) is 2. The molecule has 0 radical (unpaired) electrons. The highest BCUT2D eigenvalue weighted by atomic mass is 32.1. The molecule has 1 aromatic heterocycles. The largest absolute Gasteiger partial charge is 0.497 e. The van der Waals surface area contributed by atoms with Gasteiger partial charge in [-0.3, -0.25) is 0 Å². The van der Waals surface area contributed by atoms with Crippen LogP contribution in [0, 0.1) is 0 Å². The number of nitrogens with one attached hydrogen (secondary N) is 1. The molecule has 2 aromatic rings. The van der Waals surface area contributed by atoms with Gasteiger partial charge in [-0.15, -0.1) is 11.3 Å². The zero-order chi connectivity index (χ0) is 14.7. The molecule has 0 unspecified atom stereocenters. The lowest BCUT2D eigenvalue weighted by Crippen LogP contribution is -2.43. The van der Waals surface area contributed by atoms with E-state index in [9.17, 15) is 0 Å². The molecule has 21 heavy (non-hydrogen) atoms. The van der Waals surface area contributed by atoms with Gasteiger partial charge in [0.15, 0.2) is 5.13 Å². The fourth-order valence-corrected chi connectivity index (χ4v) is 3.28. The number of methoxy groups -OCH3 is 2. The summed E-state index contributed by atoms with van der Waals surface area (Å²) in [6.07, 6.45) is 0. The Morgan fingerprint density at radius 3 is 2.71 bits per heavy atom. The van der Waals surface area contributed by atoms with Gasteiger partial charge in [0.25, 0.3) is 0 Å². The van der Waals surface area contributed by atoms with Gasteiger partial charge in [-0.25, -0.2) is 4.98 Å². The number of aromatic nitrogens is 1. The van der Waals surface area contributed by atoms with Gasteiger partial charge in [0.1, 0.15) is 11.5 Å². The first-order valence-electron chi connectivity index (χ1n) is 6.95. The average molecular weight is 305 g/mol. The van der Waals surface area contributed by atoms with Crippen molar-refractivity contribution in [3.8, 4) is 22.8 Å². The topological polar surface area (TPSA) is 46.6 Å². The van der Waals surface area contributed by atoms with Crippen LogP contribution in [0.15, 0.2) is 23.6 Å². The van der Waals surface area contributed by atoms with Crippen molar-refractivity contribution in [1.82, 2.24) is 10.3 Å². The fraction of sp³-hybridized carbons (Fsp3) is 0.400. The maximum Gasteiger partial charge on any atom is 0.185 e. The summed E-state index contributed by atoms with van der Waals surface area (Å²) in [5.41, 5.74) is 1.90. The van der Waals surface area contributed by atoms with Crippen LogP contribution < -0.4 is 19.7 Å². The Kier molecular flexibility index (Phi) is 4.26. The molecule has 5 nitrogen and oxygen atoms in total. The summed E-state index contributed by atoms with van der Waals surface area (Å²) < 4.78 is 10.7. The van der Waals surface area contributed by atoms with E-state index in [-0.39, 0.29) is 0 Å². The predicted molar refractivity (Wildman–Crippen MR) is 85.7 cm³/mol. The highest BCUT2D eigenvalue weighted by Crippen LogP contribution is 2.35. The van der Waals surface area contributed by atoms with Crippen LogP contribution in [0.1, 0.15) is 0 Å². The second kappa shape index (κ2) is 6.32. The minimum Gasteiger partial charge on any atom is -0.497 e. The Morgan fingerprint density at radius 2 is 2.00 bits per heavy atom. The van der Waals surface area contributed by atoms with E-state index in [0.717, 1.165) is 54.1 Å². The summed E-state index contributed by atoms with van der Waals surface area (Å²) in [6, 6.07) is 5.78. The molecule has 112 valence electrons. The molecule has 0 bridgehead atoms. The zero-order valence-electron chi connectivity index (χ0n) is 12.3. The lowest BCUT2D eigenvalue weighted by molar-refractivity contribution is 0.404. The van der Waals surface area contributed by atoms with Crippen molar-refractivity contribution in [2.24, 2.45) is 0 Å². The number of anilines is 1. The van der Waals surface area contributed by atoms with Gasteiger partial charge in [0.05, 0.1) is 19.9 Å². The van der Waals surface area contributed by atoms with Gasteiger partial charge in [-0.1, -0.05) is 0 Å². The van der Waals surface area contributed by atoms with Crippen LogP contribution in [0.25, 0.3) is 11.3 Å². The van der Waals surface area contributed by atoms with Gasteiger partial charge in [-0.05, 0) is 18.2 Å². The molecule has 1 aliphatic rings. The molecule has 2 heterocycles. The monoisotopic (exact) mass is 305 g/mol. The van der Waals surface area contributed by atoms with Crippen molar-refractivity contribution >= 4 is 16.5 Å². The molecular formula is C15H19N3O2S. The third kappa shape index (κ3) is 2.96. The van der Waals surface area contributed by atoms with Gasteiger partial charge < -0.3 is 19.7 Å². The molecule has 1 aliphatic heterocycles. The van der Waals surface area contributed by atoms with Crippen LogP contribution in [-0.4, -0.2) is 45.4 Å². The molecule has 0 spiro atoms. The van der Waals surface area contributed by atoms with Crippen molar-refractivity contribution in [3.05, 3.63) is 23.6 Å². The summed E-state index contributed by atoms with van der Waals surface area (Å²) in [4.78, 5) is 7.09. The summed E-state index contributed by atoms with van der Waals surface area (Å²) >= 11 is 1.67. The second-order valence-electron chi connectivity index (χ2n) is 4.82. The highest BCUT2D eigenvalue weighted by molar-refractivity contribution is 7.14. The van der Waals surface area contributed by atoms with E-state index in [1.165, 1.54) is 0 Å². The third-order valence-corrected chi connectivity index (χ3v) is 4.46. The molecule has 1 aromatic carbocycles. The number of hydrogen-bond acceptors (Lipinski definition) is 6. The lowest BCUT2D eigenvalue weighted by Gasteiger charge is -2.26. The van der Waals surface area contributed by atoms with Crippen molar-refractivity contribution in [2.45, 2.75) is 0 Å². The van der Waals surface area contributed by atoms with Crippen molar-refractivity contribution < 1.29 is 9.47 Å². The predicted octanol–water partition coefficient (Wildman–Crippen LogP) is 2.24. The molecular weight excluding hydrogens is 286 g/mol. The standard InChI is InChI=1S/C15H19N3O2S/c1-19-11-3-4-14(20-2)12(9-11)13-10-21-15(17-13)18-7-5-16-6-8-18/h3-4,9-10,16H,5-8H2,1-2H3. The van der Waals surface area contributed by atoms with Crippen LogP contribution in [-0.2, 0) is 0 Å². The van der Waals surface area contributed by atoms with E-state index in [1.54, 1.807) is 25.6 Å². The molecule has 6 heteroatoms. The molecule has 1 N–H and O–H groups in total. The lowest BCUT2D eigenvalue weighted by atomic mass is 10.1. The average Bonchev–Trinajstić information content (AvgIpc) is 3.05. The molecule has 1 fully saturated rings. The molecule has 0 aliphatic carbocycles. The quantitative estimate of drug-likeness (QED) is 0.938. The maximum atomic E-state index is 5.44. The van der Waals surface area contributed by atoms with Crippen LogP contribution in [0.4, 0.5) is 5.13 Å². The number of thiazole rings is 1. The molecule has 1 saturated heterocycles. The van der Waals surface area contributed by atoms with Crippen LogP contribution >= 0.6 is 11.3 Å². The Bertz CT molecular complexity index is 609. The van der Waals surface area contributed by atoms with Crippen molar-refractivity contribution in [3.63, 3.8) is 0 Å². The van der Waals surface area contributed by atoms with Crippen molar-refractivity contribution in [2.75, 3.05) is 45.3 Å². The number of piperazine rings is 1. The van der Waals surface area contributed by atoms with Crippen LogP contribution in [0.3, 0.4) is 0 Å². The smallest absolute Gasteiger partial charge is 0.185 e. The maximum absolute atomic E-state index is 5.44. The van der Waals surface area contributed by atoms with Crippen molar-refractivity contribution in [1.29, 1.82) is 0 Å². The fourth-order valence-electron chi connectivity index (χ4n) is 2.40. The minimum absolute atomic E-state index is 0.808.